The molecule has 1 aromatic carbocycles. The van der Waals surface area contributed by atoms with Crippen LogP contribution in [0.15, 0.2) is 23.1 Å². The first-order valence-corrected chi connectivity index (χ1v) is 5.81. The summed E-state index contributed by atoms with van der Waals surface area (Å²) < 4.78 is 14.8. The van der Waals surface area contributed by atoms with Gasteiger partial charge in [0.2, 0.25) is 0 Å². The summed E-state index contributed by atoms with van der Waals surface area (Å²) in [4.78, 5) is 16.2. The van der Waals surface area contributed by atoms with Crippen LogP contribution in [0.1, 0.15) is 17.0 Å². The molecule has 5 heteroatoms. The molecule has 2 rings (SSSR count). The second-order valence-corrected chi connectivity index (χ2v) is 4.51. The van der Waals surface area contributed by atoms with Crippen molar-refractivity contribution in [1.82, 2.24) is 9.55 Å². The first-order valence-electron chi connectivity index (χ1n) is 5.43. The molecule has 1 aromatic heterocycles. The second-order valence-electron chi connectivity index (χ2n) is 4.13. The zero-order valence-corrected chi connectivity index (χ0v) is 11.0. The fourth-order valence-corrected chi connectivity index (χ4v) is 1.97. The molecule has 0 amide bonds. The standard InChI is InChI=1S/C13H12ClFN2O/c1-7-6-16-9(3)17(13(7)18)11-5-4-10(15)8(2)12(11)14/h4-6H,1-3H3. The van der Waals surface area contributed by atoms with Gasteiger partial charge in [-0.25, -0.2) is 9.37 Å². The van der Waals surface area contributed by atoms with Gasteiger partial charge in [0.15, 0.2) is 0 Å². The van der Waals surface area contributed by atoms with Crippen molar-refractivity contribution in [2.75, 3.05) is 0 Å². The van der Waals surface area contributed by atoms with Gasteiger partial charge >= 0.3 is 0 Å². The van der Waals surface area contributed by atoms with E-state index < -0.39 is 5.82 Å². The number of aromatic nitrogens is 2. The van der Waals surface area contributed by atoms with Gasteiger partial charge in [-0.15, -0.1) is 0 Å². The Balaban J connectivity index is 2.82. The molecule has 2 aromatic rings. The number of aryl methyl sites for hydroxylation is 2. The fourth-order valence-electron chi connectivity index (χ4n) is 1.73. The van der Waals surface area contributed by atoms with Crippen LogP contribution < -0.4 is 5.56 Å². The minimum absolute atomic E-state index is 0.199. The number of hydrogen-bond donors (Lipinski definition) is 0. The Kier molecular flexibility index (Phi) is 3.22. The Labute approximate surface area is 109 Å². The predicted octanol–water partition coefficient (Wildman–Crippen LogP) is 2.95. The predicted molar refractivity (Wildman–Crippen MR) is 69.0 cm³/mol. The average Bonchev–Trinajstić information content (AvgIpc) is 2.34. The minimum atomic E-state index is -0.393. The minimum Gasteiger partial charge on any atom is -0.269 e. The number of hydrogen-bond acceptors (Lipinski definition) is 2. The summed E-state index contributed by atoms with van der Waals surface area (Å²) in [5.74, 6) is 0.119. The van der Waals surface area contributed by atoms with Crippen molar-refractivity contribution in [2.24, 2.45) is 0 Å². The van der Waals surface area contributed by atoms with Crippen LogP contribution in [0.4, 0.5) is 4.39 Å². The SMILES string of the molecule is Cc1c(F)ccc(-n2c(C)ncc(C)c2=O)c1Cl. The van der Waals surface area contributed by atoms with Gasteiger partial charge in [-0.05, 0) is 32.9 Å². The van der Waals surface area contributed by atoms with E-state index in [9.17, 15) is 9.18 Å². The highest BCUT2D eigenvalue weighted by molar-refractivity contribution is 6.33. The first kappa shape index (κ1) is 12.8. The van der Waals surface area contributed by atoms with Gasteiger partial charge < -0.3 is 0 Å². The lowest BCUT2D eigenvalue weighted by Crippen LogP contribution is -2.24. The molecule has 0 radical (unpaired) electrons. The third-order valence-electron chi connectivity index (χ3n) is 2.85. The van der Waals surface area contributed by atoms with Crippen LogP contribution in [-0.2, 0) is 0 Å². The molecule has 0 aliphatic rings. The molecule has 0 spiro atoms. The van der Waals surface area contributed by atoms with Crippen molar-refractivity contribution >= 4 is 11.6 Å². The normalized spacial score (nSPS) is 10.7. The van der Waals surface area contributed by atoms with Crippen LogP contribution in [-0.4, -0.2) is 9.55 Å². The molecule has 94 valence electrons. The molecule has 0 bridgehead atoms. The van der Waals surface area contributed by atoms with Crippen molar-refractivity contribution < 1.29 is 4.39 Å². The van der Waals surface area contributed by atoms with Crippen LogP contribution in [0, 0.1) is 26.6 Å². The van der Waals surface area contributed by atoms with Gasteiger partial charge in [-0.2, -0.15) is 0 Å². The number of halogens is 2. The van der Waals surface area contributed by atoms with Crippen molar-refractivity contribution in [1.29, 1.82) is 0 Å². The highest BCUT2D eigenvalue weighted by atomic mass is 35.5. The van der Waals surface area contributed by atoms with Crippen LogP contribution >= 0.6 is 11.6 Å². The summed E-state index contributed by atoms with van der Waals surface area (Å²) in [7, 11) is 0. The summed E-state index contributed by atoms with van der Waals surface area (Å²) in [6, 6.07) is 2.78. The van der Waals surface area contributed by atoms with E-state index in [1.807, 2.05) is 0 Å². The highest BCUT2D eigenvalue weighted by Gasteiger charge is 2.13. The average molecular weight is 267 g/mol. The zero-order chi connectivity index (χ0) is 13.4. The van der Waals surface area contributed by atoms with Gasteiger partial charge in [0, 0.05) is 17.3 Å². The largest absolute Gasteiger partial charge is 0.269 e. The molecule has 0 atom stereocenters. The summed E-state index contributed by atoms with van der Waals surface area (Å²) in [6.45, 7) is 4.95. The van der Waals surface area contributed by atoms with Gasteiger partial charge in [0.05, 0.1) is 10.7 Å². The second kappa shape index (κ2) is 4.53. The summed E-state index contributed by atoms with van der Waals surface area (Å²) >= 11 is 6.10. The van der Waals surface area contributed by atoms with Crippen molar-refractivity contribution in [3.63, 3.8) is 0 Å². The number of nitrogens with zero attached hydrogens (tertiary/aromatic N) is 2. The van der Waals surface area contributed by atoms with Crippen LogP contribution in [0.25, 0.3) is 5.69 Å². The Morgan fingerprint density at radius 3 is 2.61 bits per heavy atom. The molecule has 0 saturated carbocycles. The van der Waals surface area contributed by atoms with Gasteiger partial charge in [0.25, 0.3) is 5.56 Å². The van der Waals surface area contributed by atoms with Crippen LogP contribution in [0.2, 0.25) is 5.02 Å². The van der Waals surface area contributed by atoms with E-state index in [0.717, 1.165) is 0 Å². The number of benzene rings is 1. The monoisotopic (exact) mass is 266 g/mol. The molecular formula is C13H12ClFN2O. The lowest BCUT2D eigenvalue weighted by Gasteiger charge is -2.13. The molecule has 0 aliphatic carbocycles. The van der Waals surface area contributed by atoms with E-state index >= 15 is 0 Å². The van der Waals surface area contributed by atoms with Gasteiger partial charge in [-0.1, -0.05) is 11.6 Å². The van der Waals surface area contributed by atoms with Crippen molar-refractivity contribution in [3.8, 4) is 5.69 Å². The summed E-state index contributed by atoms with van der Waals surface area (Å²) in [6.07, 6.45) is 1.51. The Morgan fingerprint density at radius 2 is 1.94 bits per heavy atom. The third kappa shape index (κ3) is 1.93. The Bertz CT molecular complexity index is 679. The van der Waals surface area contributed by atoms with Gasteiger partial charge in [0.1, 0.15) is 11.6 Å². The molecule has 0 N–H and O–H groups in total. The van der Waals surface area contributed by atoms with Gasteiger partial charge in [-0.3, -0.25) is 9.36 Å². The number of rotatable bonds is 1. The Hall–Kier alpha value is -1.68. The van der Waals surface area contributed by atoms with Crippen LogP contribution in [0.3, 0.4) is 0 Å². The first-order chi connectivity index (χ1) is 8.43. The van der Waals surface area contributed by atoms with E-state index in [-0.39, 0.29) is 10.6 Å². The van der Waals surface area contributed by atoms with Crippen molar-refractivity contribution in [2.45, 2.75) is 20.8 Å². The molecule has 1 heterocycles. The molecule has 0 fully saturated rings. The Morgan fingerprint density at radius 1 is 1.28 bits per heavy atom. The quantitative estimate of drug-likeness (QED) is 0.795. The smallest absolute Gasteiger partial charge is 0.261 e. The maximum Gasteiger partial charge on any atom is 0.261 e. The lowest BCUT2D eigenvalue weighted by atomic mass is 10.2. The zero-order valence-electron chi connectivity index (χ0n) is 10.3. The molecule has 0 aliphatic heterocycles. The lowest BCUT2D eigenvalue weighted by molar-refractivity contribution is 0.617. The molecule has 0 saturated heterocycles. The van der Waals surface area contributed by atoms with E-state index in [1.165, 1.54) is 22.9 Å². The van der Waals surface area contributed by atoms with E-state index in [2.05, 4.69) is 4.98 Å². The van der Waals surface area contributed by atoms with E-state index in [4.69, 9.17) is 11.6 Å². The van der Waals surface area contributed by atoms with E-state index in [1.54, 1.807) is 20.8 Å². The molecule has 0 unspecified atom stereocenters. The highest BCUT2D eigenvalue weighted by Crippen LogP contribution is 2.25. The van der Waals surface area contributed by atoms with Crippen LogP contribution in [0.5, 0.6) is 0 Å². The topological polar surface area (TPSA) is 34.9 Å². The molecular weight excluding hydrogens is 255 g/mol. The molecule has 18 heavy (non-hydrogen) atoms. The molecule has 3 nitrogen and oxygen atoms in total. The van der Waals surface area contributed by atoms with E-state index in [0.29, 0.717) is 22.6 Å². The fraction of sp³-hybridized carbons (Fsp3) is 0.231. The maximum atomic E-state index is 13.4. The van der Waals surface area contributed by atoms with Crippen molar-refractivity contribution in [3.05, 3.63) is 56.5 Å². The third-order valence-corrected chi connectivity index (χ3v) is 3.33. The summed E-state index contributed by atoms with van der Waals surface area (Å²) in [5, 5.41) is 0.229. The maximum absolute atomic E-state index is 13.4. The summed E-state index contributed by atoms with van der Waals surface area (Å²) in [5.41, 5.74) is 1.09.